The number of anilines is 1. The first-order chi connectivity index (χ1) is 10.6. The third kappa shape index (κ3) is 3.44. The molecule has 0 atom stereocenters. The molecule has 1 aromatic carbocycles. The van der Waals surface area contributed by atoms with Crippen LogP contribution >= 0.6 is 0 Å². The van der Waals surface area contributed by atoms with Crippen LogP contribution in [0, 0.1) is 0 Å². The third-order valence-electron chi connectivity index (χ3n) is 3.39. The van der Waals surface area contributed by atoms with Crippen LogP contribution in [0.2, 0.25) is 0 Å². The van der Waals surface area contributed by atoms with Crippen molar-refractivity contribution in [1.82, 2.24) is 0 Å². The second-order valence-electron chi connectivity index (χ2n) is 4.85. The Hall–Kier alpha value is -2.37. The van der Waals surface area contributed by atoms with Crippen LogP contribution in [0.3, 0.4) is 0 Å². The minimum Gasteiger partial charge on any atom is -0.482 e. The average molecular weight is 305 g/mol. The van der Waals surface area contributed by atoms with Gasteiger partial charge in [-0.2, -0.15) is 0 Å². The molecule has 0 bridgehead atoms. The molecule has 0 spiro atoms. The van der Waals surface area contributed by atoms with Crippen LogP contribution in [0.4, 0.5) is 5.69 Å². The van der Waals surface area contributed by atoms with E-state index in [1.165, 1.54) is 4.90 Å². The predicted octanol–water partition coefficient (Wildman–Crippen LogP) is 1.96. The quantitative estimate of drug-likeness (QED) is 0.593. The average Bonchev–Trinajstić information content (AvgIpc) is 2.53. The molecule has 0 N–H and O–H groups in total. The number of hydrogen-bond acceptors (Lipinski definition) is 5. The van der Waals surface area contributed by atoms with E-state index >= 15 is 0 Å². The Morgan fingerprint density at radius 1 is 1.32 bits per heavy atom. The number of rotatable bonds is 6. The summed E-state index contributed by atoms with van der Waals surface area (Å²) in [4.78, 5) is 36.8. The van der Waals surface area contributed by atoms with Crippen LogP contribution in [0.15, 0.2) is 18.2 Å². The zero-order valence-corrected chi connectivity index (χ0v) is 12.8. The SMILES string of the molecule is CCOC(=O)CCN1C(=O)COc2ccc(C(=O)CC)cc21. The Kier molecular flexibility index (Phi) is 5.14. The molecule has 0 unspecified atom stereocenters. The molecule has 0 fully saturated rings. The maximum Gasteiger partial charge on any atom is 0.307 e. The van der Waals surface area contributed by atoms with E-state index in [0.29, 0.717) is 30.0 Å². The third-order valence-corrected chi connectivity index (χ3v) is 3.39. The molecule has 0 saturated heterocycles. The van der Waals surface area contributed by atoms with E-state index < -0.39 is 0 Å². The van der Waals surface area contributed by atoms with Gasteiger partial charge in [0.2, 0.25) is 0 Å². The number of fused-ring (bicyclic) bond motifs is 1. The lowest BCUT2D eigenvalue weighted by molar-refractivity contribution is -0.142. The van der Waals surface area contributed by atoms with Crippen LogP contribution in [-0.2, 0) is 14.3 Å². The fraction of sp³-hybridized carbons (Fsp3) is 0.438. The highest BCUT2D eigenvalue weighted by Crippen LogP contribution is 2.33. The number of carbonyl (C=O) groups excluding carboxylic acids is 3. The standard InChI is InChI=1S/C16H19NO5/c1-3-13(18)11-5-6-14-12(9-11)17(15(19)10-22-14)8-7-16(20)21-4-2/h5-6,9H,3-4,7-8,10H2,1-2H3. The van der Waals surface area contributed by atoms with E-state index in [1.807, 2.05) is 0 Å². The van der Waals surface area contributed by atoms with Crippen molar-refractivity contribution in [2.24, 2.45) is 0 Å². The van der Waals surface area contributed by atoms with Crippen molar-refractivity contribution in [3.63, 3.8) is 0 Å². The minimum absolute atomic E-state index is 0.00818. The van der Waals surface area contributed by atoms with Gasteiger partial charge in [0.15, 0.2) is 12.4 Å². The maximum absolute atomic E-state index is 12.0. The molecule has 2 rings (SSSR count). The highest BCUT2D eigenvalue weighted by atomic mass is 16.5. The lowest BCUT2D eigenvalue weighted by atomic mass is 10.1. The van der Waals surface area contributed by atoms with E-state index in [1.54, 1.807) is 32.0 Å². The fourth-order valence-electron chi connectivity index (χ4n) is 2.26. The highest BCUT2D eigenvalue weighted by molar-refractivity contribution is 6.02. The first-order valence-electron chi connectivity index (χ1n) is 7.32. The van der Waals surface area contributed by atoms with Crippen LogP contribution in [0.5, 0.6) is 5.75 Å². The van der Waals surface area contributed by atoms with Crippen molar-refractivity contribution in [3.8, 4) is 5.75 Å². The minimum atomic E-state index is -0.357. The van der Waals surface area contributed by atoms with Crippen LogP contribution in [-0.4, -0.2) is 37.4 Å². The van der Waals surface area contributed by atoms with Gasteiger partial charge in [-0.1, -0.05) is 6.92 Å². The van der Waals surface area contributed by atoms with Crippen molar-refractivity contribution in [2.75, 3.05) is 24.7 Å². The van der Waals surface area contributed by atoms with E-state index in [9.17, 15) is 14.4 Å². The lowest BCUT2D eigenvalue weighted by Crippen LogP contribution is -2.40. The Morgan fingerprint density at radius 3 is 2.77 bits per heavy atom. The number of nitrogens with zero attached hydrogens (tertiary/aromatic N) is 1. The number of ether oxygens (including phenoxy) is 2. The number of carbonyl (C=O) groups is 3. The normalized spacial score (nSPS) is 13.4. The number of hydrogen-bond donors (Lipinski definition) is 0. The fourth-order valence-corrected chi connectivity index (χ4v) is 2.26. The molecule has 1 aliphatic rings. The van der Waals surface area contributed by atoms with Crippen molar-refractivity contribution < 1.29 is 23.9 Å². The molecule has 1 heterocycles. The van der Waals surface area contributed by atoms with Crippen molar-refractivity contribution in [3.05, 3.63) is 23.8 Å². The second kappa shape index (κ2) is 7.06. The number of amides is 1. The topological polar surface area (TPSA) is 72.9 Å². The number of Topliss-reactive ketones (excluding diaryl/α,β-unsaturated/α-hetero) is 1. The summed E-state index contributed by atoms with van der Waals surface area (Å²) >= 11 is 0. The van der Waals surface area contributed by atoms with Gasteiger partial charge in [-0.05, 0) is 25.1 Å². The summed E-state index contributed by atoms with van der Waals surface area (Å²) in [5.74, 6) is -0.0655. The molecule has 22 heavy (non-hydrogen) atoms. The summed E-state index contributed by atoms with van der Waals surface area (Å²) in [7, 11) is 0. The first-order valence-corrected chi connectivity index (χ1v) is 7.32. The van der Waals surface area contributed by atoms with Crippen molar-refractivity contribution in [1.29, 1.82) is 0 Å². The molecule has 1 amide bonds. The van der Waals surface area contributed by atoms with Gasteiger partial charge >= 0.3 is 5.97 Å². The van der Waals surface area contributed by atoms with E-state index in [2.05, 4.69) is 0 Å². The van der Waals surface area contributed by atoms with Crippen molar-refractivity contribution >= 4 is 23.3 Å². The van der Waals surface area contributed by atoms with Crippen LogP contribution < -0.4 is 9.64 Å². The van der Waals surface area contributed by atoms with E-state index in [4.69, 9.17) is 9.47 Å². The molecular weight excluding hydrogens is 286 g/mol. The molecule has 6 heteroatoms. The van der Waals surface area contributed by atoms with Gasteiger partial charge in [0.25, 0.3) is 5.91 Å². The Bertz CT molecular complexity index is 596. The summed E-state index contributed by atoms with van der Waals surface area (Å²) in [6.45, 7) is 3.95. The second-order valence-corrected chi connectivity index (χ2v) is 4.85. The summed E-state index contributed by atoms with van der Waals surface area (Å²) in [5, 5.41) is 0. The Morgan fingerprint density at radius 2 is 2.09 bits per heavy atom. The largest absolute Gasteiger partial charge is 0.482 e. The van der Waals surface area contributed by atoms with Crippen LogP contribution in [0.25, 0.3) is 0 Å². The number of ketones is 1. The molecule has 0 radical (unpaired) electrons. The maximum atomic E-state index is 12.0. The molecule has 6 nitrogen and oxygen atoms in total. The summed E-state index contributed by atoms with van der Waals surface area (Å²) < 4.78 is 10.2. The number of benzene rings is 1. The summed E-state index contributed by atoms with van der Waals surface area (Å²) in [6, 6.07) is 5.01. The molecule has 0 aliphatic carbocycles. The molecule has 1 aliphatic heterocycles. The van der Waals surface area contributed by atoms with Gasteiger partial charge in [-0.25, -0.2) is 0 Å². The van der Waals surface area contributed by atoms with Gasteiger partial charge in [-0.3, -0.25) is 14.4 Å². The highest BCUT2D eigenvalue weighted by Gasteiger charge is 2.26. The van der Waals surface area contributed by atoms with E-state index in [-0.39, 0.29) is 37.2 Å². The van der Waals surface area contributed by atoms with Gasteiger partial charge in [0, 0.05) is 18.5 Å². The molecule has 1 aromatic rings. The lowest BCUT2D eigenvalue weighted by Gasteiger charge is -2.29. The van der Waals surface area contributed by atoms with E-state index in [0.717, 1.165) is 0 Å². The van der Waals surface area contributed by atoms with Gasteiger partial charge in [0.1, 0.15) is 5.75 Å². The first kappa shape index (κ1) is 16.0. The van der Waals surface area contributed by atoms with Crippen molar-refractivity contribution in [2.45, 2.75) is 26.7 Å². The Balaban J connectivity index is 2.22. The number of esters is 1. The van der Waals surface area contributed by atoms with Crippen LogP contribution in [0.1, 0.15) is 37.0 Å². The molecule has 0 saturated carbocycles. The summed E-state index contributed by atoms with van der Waals surface area (Å²) in [5.41, 5.74) is 1.06. The predicted molar refractivity (Wildman–Crippen MR) is 80.2 cm³/mol. The van der Waals surface area contributed by atoms with Gasteiger partial charge in [-0.15, -0.1) is 0 Å². The summed E-state index contributed by atoms with van der Waals surface area (Å²) in [6.07, 6.45) is 0.487. The molecule has 118 valence electrons. The molecular formula is C16H19NO5. The van der Waals surface area contributed by atoms with Gasteiger partial charge in [0.05, 0.1) is 18.7 Å². The zero-order valence-electron chi connectivity index (χ0n) is 12.8. The molecule has 0 aromatic heterocycles. The monoisotopic (exact) mass is 305 g/mol. The Labute approximate surface area is 129 Å². The smallest absolute Gasteiger partial charge is 0.307 e. The van der Waals surface area contributed by atoms with Gasteiger partial charge < -0.3 is 14.4 Å². The zero-order chi connectivity index (χ0) is 16.1.